The van der Waals surface area contributed by atoms with E-state index in [0.29, 0.717) is 6.42 Å². The molecule has 0 atom stereocenters. The molecule has 0 amide bonds. The summed E-state index contributed by atoms with van der Waals surface area (Å²) in [5.74, 6) is -0.711. The van der Waals surface area contributed by atoms with Gasteiger partial charge in [0.2, 0.25) is 0 Å². The van der Waals surface area contributed by atoms with E-state index in [1.807, 2.05) is 6.92 Å². The molecular weight excluding hydrogens is 168 g/mol. The molecule has 0 aliphatic heterocycles. The van der Waals surface area contributed by atoms with Gasteiger partial charge in [0.25, 0.3) is 0 Å². The molecule has 1 N–H and O–H groups in total. The van der Waals surface area contributed by atoms with Crippen LogP contribution < -0.4 is 0 Å². The van der Waals surface area contributed by atoms with Gasteiger partial charge in [-0.25, -0.2) is 0 Å². The van der Waals surface area contributed by atoms with E-state index in [4.69, 9.17) is 5.11 Å². The molecule has 0 bridgehead atoms. The van der Waals surface area contributed by atoms with Crippen molar-refractivity contribution in [3.05, 3.63) is 0 Å². The number of hydrogen-bond acceptors (Lipinski definition) is 1. The Bertz CT molecular complexity index is 60.5. The van der Waals surface area contributed by atoms with Crippen molar-refractivity contribution < 1.29 is 12.8 Å². The summed E-state index contributed by atoms with van der Waals surface area (Å²) < 4.78 is 0. The van der Waals surface area contributed by atoms with Crippen LogP contribution in [0, 0.1) is 0 Å². The molecule has 0 aromatic heterocycles. The molecule has 0 unspecified atom stereocenters. The molecule has 0 aliphatic rings. The van der Waals surface area contributed by atoms with Crippen molar-refractivity contribution in [2.24, 2.45) is 0 Å². The van der Waals surface area contributed by atoms with Crippen LogP contribution in [0.15, 0.2) is 0 Å². The van der Waals surface area contributed by atoms with Crippen LogP contribution >= 0.6 is 0 Å². The summed E-state index contributed by atoms with van der Waals surface area (Å²) in [6.07, 6.45) is 1.02. The minimum absolute atomic E-state index is 0. The van der Waals surface area contributed by atoms with Crippen LogP contribution in [-0.4, -0.2) is 56.6 Å². The standard InChI is InChI=1S/C4H8O2.Sr.2H/c1-2-3-4(5)6;;;/h2-3H2,1H3,(H,5,6);;;/q;+2;2*-1. The SMILES string of the molecule is CCCC(=O)O.[H-].[H-].[Sr+2]. The number of hydrogen-bond donors (Lipinski definition) is 1. The third kappa shape index (κ3) is 10.9. The first kappa shape index (κ1) is 10.8. The van der Waals surface area contributed by atoms with Gasteiger partial charge in [0, 0.05) is 6.42 Å². The van der Waals surface area contributed by atoms with Crippen LogP contribution in [0.25, 0.3) is 0 Å². The van der Waals surface area contributed by atoms with Crippen molar-refractivity contribution in [3.8, 4) is 0 Å². The Balaban J connectivity index is -0.0000000417. The number of carboxylic acid groups (broad SMARTS) is 1. The van der Waals surface area contributed by atoms with Crippen LogP contribution in [0.1, 0.15) is 22.6 Å². The molecule has 7 heavy (non-hydrogen) atoms. The molecular formula is C4H10O2Sr. The normalized spacial score (nSPS) is 7.00. The minimum Gasteiger partial charge on any atom is -1.00 e. The van der Waals surface area contributed by atoms with E-state index in [0.717, 1.165) is 6.42 Å². The Morgan fingerprint density at radius 1 is 1.86 bits per heavy atom. The van der Waals surface area contributed by atoms with Gasteiger partial charge in [0.1, 0.15) is 0 Å². The Labute approximate surface area is 83.1 Å². The molecule has 0 saturated heterocycles. The number of carbonyl (C=O) groups is 1. The molecule has 40 valence electrons. The van der Waals surface area contributed by atoms with Crippen LogP contribution in [0.3, 0.4) is 0 Å². The Morgan fingerprint density at radius 2 is 2.29 bits per heavy atom. The van der Waals surface area contributed by atoms with Crippen LogP contribution in [0.4, 0.5) is 0 Å². The van der Waals surface area contributed by atoms with E-state index in [1.54, 1.807) is 0 Å². The zero-order valence-corrected chi connectivity index (χ0v) is 7.95. The molecule has 0 radical (unpaired) electrons. The van der Waals surface area contributed by atoms with Gasteiger partial charge in [-0.15, -0.1) is 0 Å². The second-order valence-corrected chi connectivity index (χ2v) is 1.14. The van der Waals surface area contributed by atoms with Gasteiger partial charge < -0.3 is 7.96 Å². The van der Waals surface area contributed by atoms with Crippen molar-refractivity contribution in [1.29, 1.82) is 0 Å². The summed E-state index contributed by atoms with van der Waals surface area (Å²) in [4.78, 5) is 9.60. The number of carboxylic acids is 1. The summed E-state index contributed by atoms with van der Waals surface area (Å²) in [5, 5.41) is 7.91. The Hall–Kier alpha value is 0.951. The molecule has 3 heteroatoms. The molecule has 0 fully saturated rings. The summed E-state index contributed by atoms with van der Waals surface area (Å²) in [6, 6.07) is 0. The molecule has 0 saturated carbocycles. The zero-order chi connectivity index (χ0) is 4.99. The van der Waals surface area contributed by atoms with E-state index in [2.05, 4.69) is 0 Å². The van der Waals surface area contributed by atoms with Crippen LogP contribution in [0.2, 0.25) is 0 Å². The van der Waals surface area contributed by atoms with Gasteiger partial charge in [-0.2, -0.15) is 0 Å². The van der Waals surface area contributed by atoms with Gasteiger partial charge in [-0.3, -0.25) is 4.79 Å². The summed E-state index contributed by atoms with van der Waals surface area (Å²) in [6.45, 7) is 1.84. The Morgan fingerprint density at radius 3 is 2.29 bits per heavy atom. The largest absolute Gasteiger partial charge is 2.00 e. The van der Waals surface area contributed by atoms with Crippen molar-refractivity contribution in [3.63, 3.8) is 0 Å². The molecule has 0 aromatic rings. The third-order valence-electron chi connectivity index (χ3n) is 0.464. The topological polar surface area (TPSA) is 37.3 Å². The first-order valence-corrected chi connectivity index (χ1v) is 1.99. The number of rotatable bonds is 2. The van der Waals surface area contributed by atoms with E-state index in [9.17, 15) is 4.79 Å². The van der Waals surface area contributed by atoms with Crippen molar-refractivity contribution in [2.75, 3.05) is 0 Å². The van der Waals surface area contributed by atoms with Gasteiger partial charge >= 0.3 is 51.5 Å². The molecule has 0 heterocycles. The first-order chi connectivity index (χ1) is 2.77. The summed E-state index contributed by atoms with van der Waals surface area (Å²) >= 11 is 0. The van der Waals surface area contributed by atoms with Crippen LogP contribution in [0.5, 0.6) is 0 Å². The third-order valence-corrected chi connectivity index (χ3v) is 0.464. The van der Waals surface area contributed by atoms with E-state index < -0.39 is 5.97 Å². The minimum atomic E-state index is -0.711. The second kappa shape index (κ2) is 6.95. The molecule has 0 rings (SSSR count). The molecule has 2 nitrogen and oxygen atoms in total. The van der Waals surface area contributed by atoms with Gasteiger partial charge in [0.05, 0.1) is 0 Å². The van der Waals surface area contributed by atoms with Crippen molar-refractivity contribution in [2.45, 2.75) is 19.8 Å². The van der Waals surface area contributed by atoms with Gasteiger partial charge in [0.15, 0.2) is 0 Å². The molecule has 0 aromatic carbocycles. The average molecular weight is 178 g/mol. The fraction of sp³-hybridized carbons (Fsp3) is 0.750. The maximum atomic E-state index is 9.60. The fourth-order valence-electron chi connectivity index (χ4n) is 0.214. The maximum absolute atomic E-state index is 9.60. The predicted octanol–water partition coefficient (Wildman–Crippen LogP) is 0.715. The average Bonchev–Trinajstić information content (AvgIpc) is 1.35. The molecule has 0 spiro atoms. The van der Waals surface area contributed by atoms with E-state index in [1.165, 1.54) is 0 Å². The monoisotopic (exact) mass is 178 g/mol. The van der Waals surface area contributed by atoms with Crippen LogP contribution in [-0.2, 0) is 4.79 Å². The maximum Gasteiger partial charge on any atom is 2.00 e. The second-order valence-electron chi connectivity index (χ2n) is 1.14. The van der Waals surface area contributed by atoms with Crippen molar-refractivity contribution >= 4 is 51.5 Å². The first-order valence-electron chi connectivity index (χ1n) is 1.99. The fourth-order valence-corrected chi connectivity index (χ4v) is 0.214. The van der Waals surface area contributed by atoms with Gasteiger partial charge in [-0.1, -0.05) is 6.92 Å². The Kier molecular flexibility index (Phi) is 10.8. The smallest absolute Gasteiger partial charge is 1.00 e. The molecule has 0 aliphatic carbocycles. The zero-order valence-electron chi connectivity index (χ0n) is 6.48. The summed E-state index contributed by atoms with van der Waals surface area (Å²) in [7, 11) is 0. The van der Waals surface area contributed by atoms with E-state index in [-0.39, 0.29) is 48.3 Å². The quantitative estimate of drug-likeness (QED) is 0.632. The summed E-state index contributed by atoms with van der Waals surface area (Å²) in [5.41, 5.74) is 0. The number of aliphatic carboxylic acids is 1. The van der Waals surface area contributed by atoms with Crippen molar-refractivity contribution in [1.82, 2.24) is 0 Å². The van der Waals surface area contributed by atoms with E-state index >= 15 is 0 Å². The predicted molar refractivity (Wildman–Crippen MR) is 30.5 cm³/mol. The van der Waals surface area contributed by atoms with Gasteiger partial charge in [-0.05, 0) is 6.42 Å².